The number of hydrogen-bond acceptors (Lipinski definition) is 3. The van der Waals surface area contributed by atoms with Gasteiger partial charge in [-0.15, -0.1) is 0 Å². The molecule has 0 aliphatic heterocycles. The molecule has 5 heteroatoms. The minimum Gasteiger partial charge on any atom is -0.497 e. The average molecular weight is 260 g/mol. The van der Waals surface area contributed by atoms with Gasteiger partial charge in [0.05, 0.1) is 12.7 Å². The molecule has 1 aromatic rings. The number of nitrogens with two attached hydrogens (primary N) is 1. The summed E-state index contributed by atoms with van der Waals surface area (Å²) in [6.45, 7) is 1.92. The minimum atomic E-state index is -0.551. The predicted octanol–water partition coefficient (Wildman–Crippen LogP) is 0.672. The number of methoxy groups -OCH3 is 1. The molecule has 0 aliphatic carbocycles. The molecule has 19 heavy (non-hydrogen) atoms. The maximum Gasteiger partial charge on any atom is 0.250 e. The van der Waals surface area contributed by atoms with E-state index in [1.807, 2.05) is 0 Å². The van der Waals surface area contributed by atoms with Crippen LogP contribution in [0.15, 0.2) is 18.2 Å². The van der Waals surface area contributed by atoms with Crippen molar-refractivity contribution < 1.29 is 14.3 Å². The molecule has 0 atom stereocenters. The summed E-state index contributed by atoms with van der Waals surface area (Å²) in [4.78, 5) is 22.0. The van der Waals surface area contributed by atoms with Crippen molar-refractivity contribution in [3.8, 4) is 17.6 Å². The van der Waals surface area contributed by atoms with Crippen molar-refractivity contribution in [3.63, 3.8) is 0 Å². The molecule has 0 radical (unpaired) electrons. The maximum atomic E-state index is 11.3. The van der Waals surface area contributed by atoms with Crippen LogP contribution in [0.4, 0.5) is 0 Å². The summed E-state index contributed by atoms with van der Waals surface area (Å²) in [5, 5.41) is 2.63. The Labute approximate surface area is 112 Å². The molecule has 0 aromatic heterocycles. The van der Waals surface area contributed by atoms with Gasteiger partial charge in [-0.05, 0) is 18.2 Å². The summed E-state index contributed by atoms with van der Waals surface area (Å²) in [5.74, 6) is 5.65. The van der Waals surface area contributed by atoms with E-state index in [1.165, 1.54) is 14.0 Å². The van der Waals surface area contributed by atoms with E-state index in [-0.39, 0.29) is 5.91 Å². The second-order valence-electron chi connectivity index (χ2n) is 3.81. The van der Waals surface area contributed by atoms with Crippen molar-refractivity contribution in [1.29, 1.82) is 0 Å². The Balaban J connectivity index is 2.80. The van der Waals surface area contributed by atoms with Gasteiger partial charge in [0.1, 0.15) is 5.75 Å². The topological polar surface area (TPSA) is 81.4 Å². The van der Waals surface area contributed by atoms with E-state index in [0.717, 1.165) is 0 Å². The zero-order valence-corrected chi connectivity index (χ0v) is 10.9. The van der Waals surface area contributed by atoms with E-state index in [4.69, 9.17) is 10.5 Å². The average Bonchev–Trinajstić information content (AvgIpc) is 2.38. The fourth-order valence-electron chi connectivity index (χ4n) is 1.42. The van der Waals surface area contributed by atoms with E-state index in [1.54, 1.807) is 18.2 Å². The summed E-state index contributed by atoms with van der Waals surface area (Å²) in [6.07, 6.45) is 0.504. The fourth-order valence-corrected chi connectivity index (χ4v) is 1.42. The Bertz CT molecular complexity index is 541. The van der Waals surface area contributed by atoms with Crippen LogP contribution in [0.5, 0.6) is 5.75 Å². The van der Waals surface area contributed by atoms with Crippen LogP contribution < -0.4 is 15.8 Å². The van der Waals surface area contributed by atoms with Crippen molar-refractivity contribution in [3.05, 3.63) is 29.3 Å². The van der Waals surface area contributed by atoms with E-state index >= 15 is 0 Å². The fraction of sp³-hybridized carbons (Fsp3) is 0.286. The van der Waals surface area contributed by atoms with Crippen molar-refractivity contribution in [2.24, 2.45) is 5.73 Å². The first-order chi connectivity index (χ1) is 9.04. The Morgan fingerprint density at radius 2 is 2.16 bits per heavy atom. The van der Waals surface area contributed by atoms with E-state index in [9.17, 15) is 9.59 Å². The van der Waals surface area contributed by atoms with Crippen LogP contribution in [0.3, 0.4) is 0 Å². The lowest BCUT2D eigenvalue weighted by atomic mass is 10.1. The van der Waals surface area contributed by atoms with Gasteiger partial charge in [-0.1, -0.05) is 11.8 Å². The molecule has 3 N–H and O–H groups in total. The Morgan fingerprint density at radius 1 is 1.42 bits per heavy atom. The number of carbonyl (C=O) groups is 2. The van der Waals surface area contributed by atoms with Gasteiger partial charge in [0.15, 0.2) is 0 Å². The molecule has 0 spiro atoms. The summed E-state index contributed by atoms with van der Waals surface area (Å²) in [7, 11) is 1.51. The summed E-state index contributed by atoms with van der Waals surface area (Å²) < 4.78 is 5.03. The van der Waals surface area contributed by atoms with Crippen molar-refractivity contribution in [1.82, 2.24) is 5.32 Å². The molecule has 0 unspecified atom stereocenters. The van der Waals surface area contributed by atoms with Gasteiger partial charge < -0.3 is 15.8 Å². The molecule has 0 fully saturated rings. The highest BCUT2D eigenvalue weighted by Crippen LogP contribution is 2.16. The van der Waals surface area contributed by atoms with Crippen LogP contribution in [0.25, 0.3) is 0 Å². The highest BCUT2D eigenvalue weighted by molar-refractivity contribution is 5.95. The lowest BCUT2D eigenvalue weighted by Crippen LogP contribution is -2.20. The lowest BCUT2D eigenvalue weighted by Gasteiger charge is -2.04. The summed E-state index contributed by atoms with van der Waals surface area (Å²) in [5.41, 5.74) is 6.17. The normalized spacial score (nSPS) is 9.16. The zero-order chi connectivity index (χ0) is 14.3. The standard InChI is InChI=1S/C14H16N2O3/c1-10(17)16-8-4-3-5-11-6-7-12(19-2)9-13(11)14(15)18/h6-7,9H,4,8H2,1-2H3,(H2,15,18)(H,16,17). The third-order valence-corrected chi connectivity index (χ3v) is 2.34. The molecule has 0 saturated heterocycles. The van der Waals surface area contributed by atoms with Gasteiger partial charge in [-0.3, -0.25) is 9.59 Å². The smallest absolute Gasteiger partial charge is 0.250 e. The van der Waals surface area contributed by atoms with Crippen molar-refractivity contribution >= 4 is 11.8 Å². The molecular formula is C14H16N2O3. The number of nitrogens with one attached hydrogen (secondary N) is 1. The molecule has 2 amide bonds. The molecule has 0 aliphatic rings. The third-order valence-electron chi connectivity index (χ3n) is 2.34. The molecule has 5 nitrogen and oxygen atoms in total. The highest BCUT2D eigenvalue weighted by Gasteiger charge is 2.07. The van der Waals surface area contributed by atoms with Crippen molar-refractivity contribution in [2.45, 2.75) is 13.3 Å². The number of ether oxygens (including phenoxy) is 1. The van der Waals surface area contributed by atoms with Crippen LogP contribution in [0, 0.1) is 11.8 Å². The SMILES string of the molecule is COc1ccc(C#CCCNC(C)=O)c(C(N)=O)c1. The predicted molar refractivity (Wildman–Crippen MR) is 71.7 cm³/mol. The van der Waals surface area contributed by atoms with E-state index < -0.39 is 5.91 Å². The quantitative estimate of drug-likeness (QED) is 0.616. The Hall–Kier alpha value is -2.48. The number of primary amides is 1. The minimum absolute atomic E-state index is 0.0935. The van der Waals surface area contributed by atoms with E-state index in [0.29, 0.717) is 29.8 Å². The molecule has 0 bridgehead atoms. The van der Waals surface area contributed by atoms with Crippen molar-refractivity contribution in [2.75, 3.05) is 13.7 Å². The van der Waals surface area contributed by atoms with Gasteiger partial charge in [-0.2, -0.15) is 0 Å². The first-order valence-electron chi connectivity index (χ1n) is 5.75. The van der Waals surface area contributed by atoms with Crippen LogP contribution >= 0.6 is 0 Å². The van der Waals surface area contributed by atoms with Crippen LogP contribution in [0.2, 0.25) is 0 Å². The van der Waals surface area contributed by atoms with Crippen LogP contribution in [0.1, 0.15) is 29.3 Å². The largest absolute Gasteiger partial charge is 0.497 e. The molecular weight excluding hydrogens is 244 g/mol. The van der Waals surface area contributed by atoms with Gasteiger partial charge >= 0.3 is 0 Å². The maximum absolute atomic E-state index is 11.3. The molecule has 0 saturated carbocycles. The molecule has 100 valence electrons. The monoisotopic (exact) mass is 260 g/mol. The second-order valence-corrected chi connectivity index (χ2v) is 3.81. The van der Waals surface area contributed by atoms with Crippen LogP contribution in [-0.2, 0) is 4.79 Å². The number of benzene rings is 1. The second kappa shape index (κ2) is 7.07. The number of hydrogen-bond donors (Lipinski definition) is 2. The molecule has 0 heterocycles. The third kappa shape index (κ3) is 4.72. The lowest BCUT2D eigenvalue weighted by molar-refractivity contribution is -0.118. The first-order valence-corrected chi connectivity index (χ1v) is 5.75. The Morgan fingerprint density at radius 3 is 2.74 bits per heavy atom. The zero-order valence-electron chi connectivity index (χ0n) is 10.9. The number of carbonyl (C=O) groups excluding carboxylic acids is 2. The number of amides is 2. The van der Waals surface area contributed by atoms with Gasteiger partial charge in [0, 0.05) is 25.5 Å². The molecule has 1 rings (SSSR count). The van der Waals surface area contributed by atoms with Gasteiger partial charge in [0.25, 0.3) is 0 Å². The molecule has 1 aromatic carbocycles. The first kappa shape index (κ1) is 14.6. The van der Waals surface area contributed by atoms with E-state index in [2.05, 4.69) is 17.2 Å². The summed E-state index contributed by atoms with van der Waals surface area (Å²) in [6, 6.07) is 4.95. The number of rotatable bonds is 4. The van der Waals surface area contributed by atoms with Gasteiger partial charge in [-0.25, -0.2) is 0 Å². The Kier molecular flexibility index (Phi) is 5.42. The summed E-state index contributed by atoms with van der Waals surface area (Å²) >= 11 is 0. The highest BCUT2D eigenvalue weighted by atomic mass is 16.5. The van der Waals surface area contributed by atoms with Crippen LogP contribution in [-0.4, -0.2) is 25.5 Å². The van der Waals surface area contributed by atoms with Gasteiger partial charge in [0.2, 0.25) is 11.8 Å².